The standard InChI is InChI=1S/C23H30N4O2S/c1-2-17-8-12-20(13-9-17)25-26-22(18-10-14-21(15-11-18)27(28)29)16-30-23(26)24-19-6-4-3-5-7-19/h10-11,14-17,19H,2-9,12-13H2,1H3. The Kier molecular flexibility index (Phi) is 6.77. The van der Waals surface area contributed by atoms with Crippen LogP contribution < -0.4 is 4.80 Å². The average molecular weight is 427 g/mol. The van der Waals surface area contributed by atoms with E-state index in [2.05, 4.69) is 12.3 Å². The Balaban J connectivity index is 1.71. The highest BCUT2D eigenvalue weighted by atomic mass is 32.1. The minimum Gasteiger partial charge on any atom is -0.258 e. The van der Waals surface area contributed by atoms with E-state index in [1.165, 1.54) is 44.2 Å². The van der Waals surface area contributed by atoms with Gasteiger partial charge in [-0.1, -0.05) is 32.6 Å². The molecular formula is C23H30N4O2S. The number of nitrogens with zero attached hydrogens (tertiary/aromatic N) is 4. The van der Waals surface area contributed by atoms with Gasteiger partial charge in [0.1, 0.15) is 0 Å². The Bertz CT molecular complexity index is 958. The second kappa shape index (κ2) is 9.69. The molecule has 0 unspecified atom stereocenters. The minimum atomic E-state index is -0.359. The fourth-order valence-electron chi connectivity index (χ4n) is 4.46. The molecule has 2 aromatic rings. The molecule has 2 saturated carbocycles. The lowest BCUT2D eigenvalue weighted by Crippen LogP contribution is -2.21. The van der Waals surface area contributed by atoms with Gasteiger partial charge in [0, 0.05) is 28.8 Å². The molecule has 4 rings (SSSR count). The quantitative estimate of drug-likeness (QED) is 0.424. The van der Waals surface area contributed by atoms with Crippen LogP contribution in [0.1, 0.15) is 71.1 Å². The van der Waals surface area contributed by atoms with Crippen molar-refractivity contribution in [3.8, 4) is 11.3 Å². The largest absolute Gasteiger partial charge is 0.269 e. The lowest BCUT2D eigenvalue weighted by Gasteiger charge is -2.21. The zero-order chi connectivity index (χ0) is 20.9. The number of hydrogen-bond acceptors (Lipinski definition) is 5. The summed E-state index contributed by atoms with van der Waals surface area (Å²) in [6, 6.07) is 7.14. The van der Waals surface area contributed by atoms with Crippen molar-refractivity contribution in [1.82, 2.24) is 4.68 Å². The second-order valence-corrected chi connectivity index (χ2v) is 9.29. The number of non-ortho nitro benzene ring substituents is 1. The van der Waals surface area contributed by atoms with E-state index in [9.17, 15) is 10.1 Å². The number of aromatic nitrogens is 1. The Morgan fingerprint density at radius 1 is 1.10 bits per heavy atom. The van der Waals surface area contributed by atoms with E-state index >= 15 is 0 Å². The number of benzene rings is 1. The maximum absolute atomic E-state index is 11.0. The van der Waals surface area contributed by atoms with Gasteiger partial charge >= 0.3 is 0 Å². The number of hydrogen-bond donors (Lipinski definition) is 0. The Morgan fingerprint density at radius 3 is 2.43 bits per heavy atom. The highest BCUT2D eigenvalue weighted by molar-refractivity contribution is 7.07. The molecule has 7 heteroatoms. The number of rotatable bonds is 5. The van der Waals surface area contributed by atoms with Crippen molar-refractivity contribution in [3.63, 3.8) is 0 Å². The van der Waals surface area contributed by atoms with Gasteiger partial charge in [0.2, 0.25) is 4.80 Å². The number of nitro benzene ring substituents is 1. The molecular weight excluding hydrogens is 396 g/mol. The summed E-state index contributed by atoms with van der Waals surface area (Å²) < 4.78 is 2.00. The van der Waals surface area contributed by atoms with Crippen LogP contribution in [0, 0.1) is 16.0 Å². The van der Waals surface area contributed by atoms with Gasteiger partial charge in [0.25, 0.3) is 5.69 Å². The van der Waals surface area contributed by atoms with Gasteiger partial charge in [-0.3, -0.25) is 15.1 Å². The zero-order valence-corrected chi connectivity index (χ0v) is 18.4. The highest BCUT2D eigenvalue weighted by Crippen LogP contribution is 2.27. The van der Waals surface area contributed by atoms with Crippen LogP contribution in [0.3, 0.4) is 0 Å². The van der Waals surface area contributed by atoms with Crippen LogP contribution in [0.4, 0.5) is 5.69 Å². The molecule has 6 nitrogen and oxygen atoms in total. The third-order valence-corrected chi connectivity index (χ3v) is 7.26. The van der Waals surface area contributed by atoms with Crippen LogP contribution in [0.25, 0.3) is 11.3 Å². The first-order valence-corrected chi connectivity index (χ1v) is 12.1. The Hall–Kier alpha value is -2.28. The van der Waals surface area contributed by atoms with Gasteiger partial charge in [-0.15, -0.1) is 11.3 Å². The summed E-state index contributed by atoms with van der Waals surface area (Å²) in [5.41, 5.74) is 3.26. The van der Waals surface area contributed by atoms with E-state index in [0.29, 0.717) is 6.04 Å². The van der Waals surface area contributed by atoms with Crippen molar-refractivity contribution in [2.75, 3.05) is 0 Å². The van der Waals surface area contributed by atoms with Crippen LogP contribution in [-0.2, 0) is 0 Å². The maximum atomic E-state index is 11.0. The predicted molar refractivity (Wildman–Crippen MR) is 122 cm³/mol. The van der Waals surface area contributed by atoms with E-state index in [1.807, 2.05) is 16.8 Å². The fraction of sp³-hybridized carbons (Fsp3) is 0.565. The molecule has 0 saturated heterocycles. The van der Waals surface area contributed by atoms with Gasteiger partial charge in [0.15, 0.2) is 0 Å². The molecule has 0 aliphatic heterocycles. The molecule has 0 bridgehead atoms. The molecule has 30 heavy (non-hydrogen) atoms. The third-order valence-electron chi connectivity index (χ3n) is 6.43. The van der Waals surface area contributed by atoms with Crippen molar-refractivity contribution in [2.45, 2.75) is 77.2 Å². The molecule has 0 amide bonds. The summed E-state index contributed by atoms with van der Waals surface area (Å²) in [6.45, 7) is 2.27. The molecule has 0 atom stereocenters. The van der Waals surface area contributed by atoms with Crippen molar-refractivity contribution in [1.29, 1.82) is 0 Å². The molecule has 2 aliphatic rings. The second-order valence-electron chi connectivity index (χ2n) is 8.46. The monoisotopic (exact) mass is 426 g/mol. The molecule has 0 radical (unpaired) electrons. The normalized spacial score (nSPS) is 21.0. The summed E-state index contributed by atoms with van der Waals surface area (Å²) in [7, 11) is 0. The number of nitro groups is 1. The van der Waals surface area contributed by atoms with Gasteiger partial charge in [0.05, 0.1) is 16.7 Å². The van der Waals surface area contributed by atoms with E-state index in [0.717, 1.165) is 47.7 Å². The van der Waals surface area contributed by atoms with Crippen molar-refractivity contribution in [3.05, 3.63) is 44.6 Å². The minimum absolute atomic E-state index is 0.108. The van der Waals surface area contributed by atoms with Crippen molar-refractivity contribution >= 4 is 22.7 Å². The van der Waals surface area contributed by atoms with E-state index < -0.39 is 0 Å². The first-order valence-electron chi connectivity index (χ1n) is 11.2. The Labute approximate surface area is 181 Å². The average Bonchev–Trinajstić information content (AvgIpc) is 3.17. The van der Waals surface area contributed by atoms with Gasteiger partial charge < -0.3 is 0 Å². The van der Waals surface area contributed by atoms with Gasteiger partial charge in [-0.05, 0) is 56.6 Å². The molecule has 2 aliphatic carbocycles. The summed E-state index contributed by atoms with van der Waals surface area (Å²) in [5.74, 6) is 0.817. The molecule has 1 aromatic carbocycles. The first kappa shape index (κ1) is 21.0. The smallest absolute Gasteiger partial charge is 0.258 e. The highest BCUT2D eigenvalue weighted by Gasteiger charge is 2.18. The Morgan fingerprint density at radius 2 is 1.80 bits per heavy atom. The summed E-state index contributed by atoms with van der Waals surface area (Å²) in [4.78, 5) is 16.7. The van der Waals surface area contributed by atoms with E-state index in [1.54, 1.807) is 23.5 Å². The molecule has 0 N–H and O–H groups in total. The SMILES string of the molecule is CCC1CCC(=Nn2c(-c3ccc([N+](=O)[O-])cc3)csc2=NC2CCCCC2)CC1. The van der Waals surface area contributed by atoms with Gasteiger partial charge in [-0.2, -0.15) is 5.10 Å². The number of thiazole rings is 1. The first-order chi connectivity index (χ1) is 14.6. The van der Waals surface area contributed by atoms with Crippen LogP contribution in [0.5, 0.6) is 0 Å². The maximum Gasteiger partial charge on any atom is 0.269 e. The lowest BCUT2D eigenvalue weighted by atomic mass is 9.86. The molecule has 2 fully saturated rings. The molecule has 0 spiro atoms. The molecule has 160 valence electrons. The van der Waals surface area contributed by atoms with Crippen LogP contribution in [0.2, 0.25) is 0 Å². The molecule has 1 aromatic heterocycles. The summed E-state index contributed by atoms with van der Waals surface area (Å²) >= 11 is 1.62. The lowest BCUT2D eigenvalue weighted by molar-refractivity contribution is -0.384. The van der Waals surface area contributed by atoms with E-state index in [4.69, 9.17) is 10.1 Å². The fourth-order valence-corrected chi connectivity index (χ4v) is 5.37. The van der Waals surface area contributed by atoms with Gasteiger partial charge in [-0.25, -0.2) is 4.68 Å². The summed E-state index contributed by atoms with van der Waals surface area (Å²) in [6.07, 6.45) is 11.9. The predicted octanol–water partition coefficient (Wildman–Crippen LogP) is 6.16. The van der Waals surface area contributed by atoms with Crippen LogP contribution in [0.15, 0.2) is 39.7 Å². The third kappa shape index (κ3) is 4.89. The van der Waals surface area contributed by atoms with E-state index in [-0.39, 0.29) is 10.6 Å². The van der Waals surface area contributed by atoms with Crippen LogP contribution >= 0.6 is 11.3 Å². The van der Waals surface area contributed by atoms with Crippen LogP contribution in [-0.4, -0.2) is 21.4 Å². The summed E-state index contributed by atoms with van der Waals surface area (Å²) in [5, 5.41) is 18.2. The molecule has 1 heterocycles. The zero-order valence-electron chi connectivity index (χ0n) is 17.6. The van der Waals surface area contributed by atoms with Crippen molar-refractivity contribution in [2.24, 2.45) is 16.0 Å². The van der Waals surface area contributed by atoms with Crippen molar-refractivity contribution < 1.29 is 4.92 Å². The topological polar surface area (TPSA) is 72.8 Å².